The van der Waals surface area contributed by atoms with Gasteiger partial charge in [-0.3, -0.25) is 4.79 Å². The number of nitrogens with one attached hydrogen (secondary N) is 2. The highest BCUT2D eigenvalue weighted by molar-refractivity contribution is 5.79. The van der Waals surface area contributed by atoms with Crippen LogP contribution < -0.4 is 10.6 Å². The number of amides is 1. The van der Waals surface area contributed by atoms with Gasteiger partial charge in [-0.2, -0.15) is 0 Å². The van der Waals surface area contributed by atoms with E-state index in [2.05, 4.69) is 24.5 Å². The van der Waals surface area contributed by atoms with E-state index in [9.17, 15) is 4.79 Å². The Morgan fingerprint density at radius 1 is 1.33 bits per heavy atom. The summed E-state index contributed by atoms with van der Waals surface area (Å²) in [6.07, 6.45) is 4.70. The van der Waals surface area contributed by atoms with Gasteiger partial charge in [-0.15, -0.1) is 0 Å². The second-order valence-corrected chi connectivity index (χ2v) is 5.18. The average Bonchev–Trinajstić information content (AvgIpc) is 2.17. The molecule has 1 fully saturated rings. The molecule has 0 aromatic heterocycles. The number of hydrogen-bond donors (Lipinski definition) is 2. The first-order valence-electron chi connectivity index (χ1n) is 6.00. The Balaban J connectivity index is 2.42. The molecule has 15 heavy (non-hydrogen) atoms. The third-order valence-corrected chi connectivity index (χ3v) is 3.50. The van der Waals surface area contributed by atoms with Crippen molar-refractivity contribution in [2.75, 3.05) is 20.1 Å². The maximum atomic E-state index is 11.9. The summed E-state index contributed by atoms with van der Waals surface area (Å²) >= 11 is 0. The van der Waals surface area contributed by atoms with E-state index < -0.39 is 0 Å². The fourth-order valence-corrected chi connectivity index (χ4v) is 2.41. The fraction of sp³-hybridized carbons (Fsp3) is 0.917. The molecule has 1 aliphatic rings. The summed E-state index contributed by atoms with van der Waals surface area (Å²) in [4.78, 5) is 11.9. The average molecular weight is 212 g/mol. The zero-order valence-corrected chi connectivity index (χ0v) is 10.2. The van der Waals surface area contributed by atoms with E-state index in [4.69, 9.17) is 0 Å². The summed E-state index contributed by atoms with van der Waals surface area (Å²) in [6, 6.07) is 0. The highest BCUT2D eigenvalue weighted by Crippen LogP contribution is 2.40. The minimum Gasteiger partial charge on any atom is -0.355 e. The highest BCUT2D eigenvalue weighted by Gasteiger charge is 2.36. The number of hydrogen-bond acceptors (Lipinski definition) is 2. The maximum absolute atomic E-state index is 11.9. The van der Waals surface area contributed by atoms with Crippen molar-refractivity contribution in [3.8, 4) is 0 Å². The number of likely N-dealkylation sites (N-methyl/N-ethyl adjacent to an activating group) is 1. The van der Waals surface area contributed by atoms with Gasteiger partial charge in [0.25, 0.3) is 0 Å². The predicted molar refractivity (Wildman–Crippen MR) is 62.7 cm³/mol. The Hall–Kier alpha value is -0.570. The van der Waals surface area contributed by atoms with E-state index in [1.165, 1.54) is 19.3 Å². The molecule has 2 N–H and O–H groups in total. The van der Waals surface area contributed by atoms with Crippen LogP contribution in [0.4, 0.5) is 0 Å². The van der Waals surface area contributed by atoms with Crippen LogP contribution in [0.3, 0.4) is 0 Å². The molecule has 3 nitrogen and oxygen atoms in total. The quantitative estimate of drug-likeness (QED) is 0.694. The molecule has 0 aliphatic heterocycles. The Morgan fingerprint density at radius 3 is 2.67 bits per heavy atom. The summed E-state index contributed by atoms with van der Waals surface area (Å²) in [5.74, 6) is 0.457. The van der Waals surface area contributed by atoms with Gasteiger partial charge in [0.15, 0.2) is 0 Å². The molecule has 0 spiro atoms. The van der Waals surface area contributed by atoms with Crippen molar-refractivity contribution >= 4 is 5.91 Å². The van der Waals surface area contributed by atoms with E-state index in [1.807, 2.05) is 7.05 Å². The second kappa shape index (κ2) is 5.50. The monoisotopic (exact) mass is 212 g/mol. The molecule has 1 unspecified atom stereocenters. The van der Waals surface area contributed by atoms with E-state index in [0.29, 0.717) is 0 Å². The van der Waals surface area contributed by atoms with Gasteiger partial charge in [0.1, 0.15) is 0 Å². The molecule has 1 amide bonds. The molecule has 0 bridgehead atoms. The first-order chi connectivity index (χ1) is 7.08. The third-order valence-electron chi connectivity index (χ3n) is 3.50. The van der Waals surface area contributed by atoms with Crippen LogP contribution in [0.25, 0.3) is 0 Å². The van der Waals surface area contributed by atoms with E-state index in [0.717, 1.165) is 19.5 Å². The van der Waals surface area contributed by atoms with Crippen LogP contribution in [0.5, 0.6) is 0 Å². The normalized spacial score (nSPS) is 24.9. The van der Waals surface area contributed by atoms with Gasteiger partial charge < -0.3 is 10.6 Å². The van der Waals surface area contributed by atoms with Crippen molar-refractivity contribution in [3.63, 3.8) is 0 Å². The lowest BCUT2D eigenvalue weighted by Crippen LogP contribution is -2.42. The van der Waals surface area contributed by atoms with Crippen molar-refractivity contribution in [1.29, 1.82) is 0 Å². The molecule has 3 heteroatoms. The number of carbonyl (C=O) groups is 1. The highest BCUT2D eigenvalue weighted by atomic mass is 16.1. The Kier molecular flexibility index (Phi) is 4.58. The molecule has 1 saturated carbocycles. The third kappa shape index (κ3) is 3.49. The van der Waals surface area contributed by atoms with Crippen molar-refractivity contribution in [1.82, 2.24) is 10.6 Å². The zero-order chi connectivity index (χ0) is 11.3. The SMILES string of the molecule is CNCCNC(=O)C1CCCCC1(C)C. The first-order valence-corrected chi connectivity index (χ1v) is 6.00. The number of rotatable bonds is 4. The van der Waals surface area contributed by atoms with Crippen LogP contribution in [-0.4, -0.2) is 26.0 Å². The van der Waals surface area contributed by atoms with Crippen molar-refractivity contribution in [3.05, 3.63) is 0 Å². The van der Waals surface area contributed by atoms with E-state index in [1.54, 1.807) is 0 Å². The van der Waals surface area contributed by atoms with Crippen LogP contribution in [0, 0.1) is 11.3 Å². The molecule has 1 atom stereocenters. The Morgan fingerprint density at radius 2 is 2.07 bits per heavy atom. The molecule has 0 aromatic rings. The van der Waals surface area contributed by atoms with Gasteiger partial charge in [-0.1, -0.05) is 26.7 Å². The summed E-state index contributed by atoms with van der Waals surface area (Å²) in [5.41, 5.74) is 0.183. The van der Waals surface area contributed by atoms with Gasteiger partial charge in [-0.05, 0) is 25.3 Å². The molecule has 1 rings (SSSR count). The van der Waals surface area contributed by atoms with Gasteiger partial charge in [0.05, 0.1) is 0 Å². The number of carbonyl (C=O) groups excluding carboxylic acids is 1. The summed E-state index contributed by atoms with van der Waals surface area (Å²) in [6.45, 7) is 6.02. The van der Waals surface area contributed by atoms with Gasteiger partial charge in [-0.25, -0.2) is 0 Å². The topological polar surface area (TPSA) is 41.1 Å². The Labute approximate surface area is 93.0 Å². The summed E-state index contributed by atoms with van der Waals surface area (Å²) in [7, 11) is 1.90. The van der Waals surface area contributed by atoms with Crippen LogP contribution in [0.1, 0.15) is 39.5 Å². The Bertz CT molecular complexity index is 214. The molecule has 0 radical (unpaired) electrons. The lowest BCUT2D eigenvalue weighted by Gasteiger charge is -2.37. The van der Waals surface area contributed by atoms with Crippen molar-refractivity contribution < 1.29 is 4.79 Å². The van der Waals surface area contributed by atoms with Crippen LogP contribution in [-0.2, 0) is 4.79 Å². The van der Waals surface area contributed by atoms with Gasteiger partial charge >= 0.3 is 0 Å². The smallest absolute Gasteiger partial charge is 0.223 e. The molecule has 0 aromatic carbocycles. The lowest BCUT2D eigenvalue weighted by molar-refractivity contribution is -0.130. The second-order valence-electron chi connectivity index (χ2n) is 5.18. The van der Waals surface area contributed by atoms with E-state index in [-0.39, 0.29) is 17.2 Å². The molecule has 0 saturated heterocycles. The van der Waals surface area contributed by atoms with Gasteiger partial charge in [0, 0.05) is 19.0 Å². The van der Waals surface area contributed by atoms with Gasteiger partial charge in [0.2, 0.25) is 5.91 Å². The summed E-state index contributed by atoms with van der Waals surface area (Å²) < 4.78 is 0. The predicted octanol–water partition coefficient (Wildman–Crippen LogP) is 1.54. The largest absolute Gasteiger partial charge is 0.355 e. The molecular weight excluding hydrogens is 188 g/mol. The minimum absolute atomic E-state index is 0.183. The van der Waals surface area contributed by atoms with Crippen LogP contribution in [0.15, 0.2) is 0 Å². The molecule has 1 aliphatic carbocycles. The summed E-state index contributed by atoms with van der Waals surface area (Å²) in [5, 5.41) is 6.04. The van der Waals surface area contributed by atoms with Crippen LogP contribution >= 0.6 is 0 Å². The molecular formula is C12H24N2O. The fourth-order valence-electron chi connectivity index (χ4n) is 2.41. The van der Waals surface area contributed by atoms with Crippen molar-refractivity contribution in [2.24, 2.45) is 11.3 Å². The van der Waals surface area contributed by atoms with Crippen molar-refractivity contribution in [2.45, 2.75) is 39.5 Å². The minimum atomic E-state index is 0.183. The lowest BCUT2D eigenvalue weighted by atomic mass is 9.68. The first kappa shape index (κ1) is 12.5. The van der Waals surface area contributed by atoms with Crippen LogP contribution in [0.2, 0.25) is 0 Å². The maximum Gasteiger partial charge on any atom is 0.223 e. The molecule has 0 heterocycles. The molecule has 88 valence electrons. The van der Waals surface area contributed by atoms with E-state index >= 15 is 0 Å². The standard InChI is InChI=1S/C12H24N2O/c1-12(2)7-5-4-6-10(12)11(15)14-9-8-13-3/h10,13H,4-9H2,1-3H3,(H,14,15). The zero-order valence-electron chi connectivity index (χ0n) is 10.2.